The molecule has 0 atom stereocenters. The second-order valence-corrected chi connectivity index (χ2v) is 5.29. The number of esters is 1. The van der Waals surface area contributed by atoms with Crippen LogP contribution in [0.15, 0.2) is 18.3 Å². The molecule has 0 spiro atoms. The third kappa shape index (κ3) is 3.44. The molecule has 1 heterocycles. The summed E-state index contributed by atoms with van der Waals surface area (Å²) >= 11 is 0. The smallest absolute Gasteiger partial charge is 0.342 e. The summed E-state index contributed by atoms with van der Waals surface area (Å²) in [5.41, 5.74) is -0.254. The van der Waals surface area contributed by atoms with Gasteiger partial charge >= 0.3 is 5.97 Å². The lowest BCUT2D eigenvalue weighted by atomic mass is 9.80. The molecule has 1 aromatic rings. The minimum absolute atomic E-state index is 0.170. The third-order valence-electron chi connectivity index (χ3n) is 3.24. The zero-order valence-corrected chi connectivity index (χ0v) is 11.3. The largest absolute Gasteiger partial charge is 0.459 e. The normalized spacial score (nSPS) is 16.8. The third-order valence-corrected chi connectivity index (χ3v) is 3.24. The first-order chi connectivity index (χ1) is 9.00. The molecule has 1 saturated carbocycles. The van der Waals surface area contributed by atoms with E-state index in [1.54, 1.807) is 32.2 Å². The lowest BCUT2D eigenvalue weighted by Crippen LogP contribution is -2.43. The van der Waals surface area contributed by atoms with Crippen molar-refractivity contribution in [1.82, 2.24) is 4.98 Å². The summed E-state index contributed by atoms with van der Waals surface area (Å²) in [4.78, 5) is 16.1. The first-order valence-electron chi connectivity index (χ1n) is 6.62. The molecule has 0 saturated heterocycles. The van der Waals surface area contributed by atoms with Crippen LogP contribution in [-0.4, -0.2) is 34.3 Å². The van der Waals surface area contributed by atoms with Gasteiger partial charge in [-0.2, -0.15) is 0 Å². The Morgan fingerprint density at radius 1 is 1.58 bits per heavy atom. The number of ether oxygens (including phenoxy) is 1. The van der Waals surface area contributed by atoms with Gasteiger partial charge < -0.3 is 15.2 Å². The van der Waals surface area contributed by atoms with Gasteiger partial charge in [-0.05, 0) is 45.2 Å². The van der Waals surface area contributed by atoms with Crippen molar-refractivity contribution in [3.05, 3.63) is 23.9 Å². The Kier molecular flexibility index (Phi) is 4.04. The number of carbonyl (C=O) groups excluding carboxylic acids is 1. The van der Waals surface area contributed by atoms with Gasteiger partial charge in [0.15, 0.2) is 0 Å². The molecule has 0 unspecified atom stereocenters. The number of aromatic nitrogens is 1. The number of pyridine rings is 1. The van der Waals surface area contributed by atoms with E-state index >= 15 is 0 Å². The highest BCUT2D eigenvalue weighted by molar-refractivity contribution is 5.94. The molecule has 1 fully saturated rings. The molecule has 2 rings (SSSR count). The number of aliphatic hydroxyl groups is 1. The van der Waals surface area contributed by atoms with Crippen molar-refractivity contribution in [1.29, 1.82) is 0 Å². The molecule has 1 aromatic heterocycles. The molecule has 5 nitrogen and oxygen atoms in total. The zero-order chi connectivity index (χ0) is 13.9. The summed E-state index contributed by atoms with van der Waals surface area (Å²) in [5, 5.41) is 13.1. The van der Waals surface area contributed by atoms with Crippen LogP contribution in [-0.2, 0) is 4.74 Å². The Balaban J connectivity index is 2.05. The van der Waals surface area contributed by atoms with E-state index in [4.69, 9.17) is 4.74 Å². The van der Waals surface area contributed by atoms with Gasteiger partial charge in [-0.15, -0.1) is 0 Å². The van der Waals surface area contributed by atoms with Crippen molar-refractivity contribution in [2.24, 2.45) is 0 Å². The van der Waals surface area contributed by atoms with Crippen molar-refractivity contribution in [3.63, 3.8) is 0 Å². The van der Waals surface area contributed by atoms with Gasteiger partial charge in [0.25, 0.3) is 0 Å². The molecule has 19 heavy (non-hydrogen) atoms. The molecule has 5 heteroatoms. The molecule has 2 N–H and O–H groups in total. The maximum Gasteiger partial charge on any atom is 0.342 e. The number of anilines is 1. The van der Waals surface area contributed by atoms with Gasteiger partial charge in [0.2, 0.25) is 0 Å². The number of hydrogen-bond acceptors (Lipinski definition) is 5. The molecule has 1 aliphatic rings. The van der Waals surface area contributed by atoms with Gasteiger partial charge in [-0.25, -0.2) is 9.78 Å². The van der Waals surface area contributed by atoms with Gasteiger partial charge in [0.1, 0.15) is 11.4 Å². The number of rotatable bonds is 5. The quantitative estimate of drug-likeness (QED) is 0.796. The summed E-state index contributed by atoms with van der Waals surface area (Å²) in [6.07, 6.45) is 4.07. The predicted molar refractivity (Wildman–Crippen MR) is 72.1 cm³/mol. The van der Waals surface area contributed by atoms with Crippen molar-refractivity contribution in [3.8, 4) is 0 Å². The highest BCUT2D eigenvalue weighted by Gasteiger charge is 2.34. The van der Waals surface area contributed by atoms with Gasteiger partial charge in [-0.1, -0.05) is 0 Å². The molecule has 0 aliphatic heterocycles. The zero-order valence-electron chi connectivity index (χ0n) is 11.3. The molecule has 0 bridgehead atoms. The van der Waals surface area contributed by atoms with Crippen LogP contribution in [0.5, 0.6) is 0 Å². The number of nitrogens with zero attached hydrogens (tertiary/aromatic N) is 1. The summed E-state index contributed by atoms with van der Waals surface area (Å²) in [6, 6.07) is 3.37. The first kappa shape index (κ1) is 13.8. The van der Waals surface area contributed by atoms with E-state index in [1.165, 1.54) is 0 Å². The fraction of sp³-hybridized carbons (Fsp3) is 0.571. The van der Waals surface area contributed by atoms with Crippen LogP contribution in [0, 0.1) is 0 Å². The van der Waals surface area contributed by atoms with Crippen LogP contribution in [0.3, 0.4) is 0 Å². The van der Waals surface area contributed by atoms with E-state index in [9.17, 15) is 9.90 Å². The van der Waals surface area contributed by atoms with Crippen LogP contribution >= 0.6 is 0 Å². The van der Waals surface area contributed by atoms with Gasteiger partial charge in [0, 0.05) is 12.7 Å². The fourth-order valence-electron chi connectivity index (χ4n) is 2.00. The molecular weight excluding hydrogens is 244 g/mol. The van der Waals surface area contributed by atoms with Gasteiger partial charge in [0.05, 0.1) is 11.7 Å². The van der Waals surface area contributed by atoms with Crippen LogP contribution in [0.2, 0.25) is 0 Å². The average Bonchev–Trinajstić information content (AvgIpc) is 2.33. The predicted octanol–water partition coefficient (Wildman–Crippen LogP) is 1.97. The monoisotopic (exact) mass is 264 g/mol. The van der Waals surface area contributed by atoms with Crippen molar-refractivity contribution < 1.29 is 14.6 Å². The Bertz CT molecular complexity index is 456. The SMILES string of the molecule is CC(C)OC(=O)c1cccnc1NCC1(O)CCC1. The summed E-state index contributed by atoms with van der Waals surface area (Å²) < 4.78 is 5.17. The number of hydrogen-bond donors (Lipinski definition) is 2. The van der Waals surface area contributed by atoms with E-state index in [-0.39, 0.29) is 6.10 Å². The average molecular weight is 264 g/mol. The lowest BCUT2D eigenvalue weighted by Gasteiger charge is -2.36. The Hall–Kier alpha value is -1.62. The molecular formula is C14H20N2O3. The molecule has 0 aromatic carbocycles. The molecule has 1 aliphatic carbocycles. The van der Waals surface area contributed by atoms with Gasteiger partial charge in [-0.3, -0.25) is 0 Å². The molecule has 0 amide bonds. The fourth-order valence-corrected chi connectivity index (χ4v) is 2.00. The topological polar surface area (TPSA) is 71.5 Å². The second kappa shape index (κ2) is 5.57. The van der Waals surface area contributed by atoms with Crippen LogP contribution < -0.4 is 5.32 Å². The summed E-state index contributed by atoms with van der Waals surface area (Å²) in [5.74, 6) is 0.0691. The van der Waals surface area contributed by atoms with Crippen molar-refractivity contribution in [2.75, 3.05) is 11.9 Å². The standard InChI is InChI=1S/C14H20N2O3/c1-10(2)19-13(17)11-5-3-8-15-12(11)16-9-14(18)6-4-7-14/h3,5,8,10,18H,4,6-7,9H2,1-2H3,(H,15,16). The Labute approximate surface area is 113 Å². The maximum atomic E-state index is 11.9. The molecule has 0 radical (unpaired) electrons. The first-order valence-corrected chi connectivity index (χ1v) is 6.62. The summed E-state index contributed by atoms with van der Waals surface area (Å²) in [7, 11) is 0. The van der Waals surface area contributed by atoms with Crippen LogP contribution in [0.4, 0.5) is 5.82 Å². The van der Waals surface area contributed by atoms with Crippen molar-refractivity contribution in [2.45, 2.75) is 44.8 Å². The lowest BCUT2D eigenvalue weighted by molar-refractivity contribution is -0.0203. The molecule has 104 valence electrons. The highest BCUT2D eigenvalue weighted by Crippen LogP contribution is 2.31. The van der Waals surface area contributed by atoms with E-state index < -0.39 is 11.6 Å². The number of nitrogens with one attached hydrogen (secondary N) is 1. The van der Waals surface area contributed by atoms with Crippen molar-refractivity contribution >= 4 is 11.8 Å². The minimum Gasteiger partial charge on any atom is -0.459 e. The summed E-state index contributed by atoms with van der Waals surface area (Å²) in [6.45, 7) is 4.02. The van der Waals surface area contributed by atoms with E-state index in [2.05, 4.69) is 10.3 Å². The second-order valence-electron chi connectivity index (χ2n) is 5.29. The van der Waals surface area contributed by atoms with E-state index in [0.717, 1.165) is 19.3 Å². The Morgan fingerprint density at radius 3 is 2.89 bits per heavy atom. The maximum absolute atomic E-state index is 11.9. The Morgan fingerprint density at radius 2 is 2.32 bits per heavy atom. The number of carbonyl (C=O) groups is 1. The van der Waals surface area contributed by atoms with Crippen LogP contribution in [0.25, 0.3) is 0 Å². The highest BCUT2D eigenvalue weighted by atomic mass is 16.5. The van der Waals surface area contributed by atoms with E-state index in [1.807, 2.05) is 0 Å². The van der Waals surface area contributed by atoms with E-state index in [0.29, 0.717) is 17.9 Å². The minimum atomic E-state index is -0.656. The van der Waals surface area contributed by atoms with Crippen LogP contribution in [0.1, 0.15) is 43.5 Å².